The van der Waals surface area contributed by atoms with Gasteiger partial charge in [-0.25, -0.2) is 4.98 Å². The summed E-state index contributed by atoms with van der Waals surface area (Å²) in [5.41, 5.74) is 7.60. The molecule has 1 aromatic heterocycles. The maximum atomic E-state index is 6.41. The minimum absolute atomic E-state index is 0.0737. The van der Waals surface area contributed by atoms with E-state index in [9.17, 15) is 0 Å². The van der Waals surface area contributed by atoms with E-state index >= 15 is 0 Å². The van der Waals surface area contributed by atoms with Gasteiger partial charge < -0.3 is 15.0 Å². The lowest BCUT2D eigenvalue weighted by Gasteiger charge is -2.27. The largest absolute Gasteiger partial charge is 0.381 e. The van der Waals surface area contributed by atoms with E-state index in [1.54, 1.807) is 0 Å². The minimum Gasteiger partial charge on any atom is -0.381 e. The normalized spacial score (nSPS) is 27.5. The zero-order valence-corrected chi connectivity index (χ0v) is 11.4. The molecule has 1 aromatic rings. The molecule has 3 heterocycles. The van der Waals surface area contributed by atoms with Crippen LogP contribution in [0.2, 0.25) is 0 Å². The highest BCUT2D eigenvalue weighted by molar-refractivity contribution is 7.99. The van der Waals surface area contributed by atoms with E-state index in [2.05, 4.69) is 21.3 Å². The maximum absolute atomic E-state index is 6.41. The fourth-order valence-electron chi connectivity index (χ4n) is 2.92. The van der Waals surface area contributed by atoms with Crippen LogP contribution in [0, 0.1) is 5.92 Å². The van der Waals surface area contributed by atoms with E-state index in [-0.39, 0.29) is 6.04 Å². The van der Waals surface area contributed by atoms with Gasteiger partial charge in [0.25, 0.3) is 0 Å². The third-order valence-electron chi connectivity index (χ3n) is 4.09. The smallest absolute Gasteiger partial charge is 0.0951 e. The highest BCUT2D eigenvalue weighted by Gasteiger charge is 2.28. The molecule has 0 saturated carbocycles. The van der Waals surface area contributed by atoms with E-state index in [0.29, 0.717) is 12.0 Å². The lowest BCUT2D eigenvalue weighted by Crippen LogP contribution is -2.26. The first-order chi connectivity index (χ1) is 8.86. The number of ether oxygens (including phenoxy) is 1. The molecule has 3 rings (SSSR count). The molecule has 5 heteroatoms. The predicted octanol–water partition coefficient (Wildman–Crippen LogP) is 1.99. The van der Waals surface area contributed by atoms with Crippen molar-refractivity contribution in [3.63, 3.8) is 0 Å². The average Bonchev–Trinajstić information content (AvgIpc) is 3.10. The van der Waals surface area contributed by atoms with E-state index in [1.165, 1.54) is 30.0 Å². The SMILES string of the molecule is NC(c1cncn1C1CCSCC1)C1CCOC1. The predicted molar refractivity (Wildman–Crippen MR) is 73.7 cm³/mol. The van der Waals surface area contributed by atoms with Gasteiger partial charge in [0.05, 0.1) is 24.7 Å². The summed E-state index contributed by atoms with van der Waals surface area (Å²) in [5, 5.41) is 0. The molecule has 2 unspecified atom stereocenters. The summed E-state index contributed by atoms with van der Waals surface area (Å²) in [7, 11) is 0. The molecule has 2 aliphatic heterocycles. The van der Waals surface area contributed by atoms with Gasteiger partial charge in [0.1, 0.15) is 0 Å². The van der Waals surface area contributed by atoms with E-state index < -0.39 is 0 Å². The molecule has 0 spiro atoms. The van der Waals surface area contributed by atoms with Gasteiger partial charge in [-0.3, -0.25) is 0 Å². The highest BCUT2D eigenvalue weighted by atomic mass is 32.2. The monoisotopic (exact) mass is 267 g/mol. The topological polar surface area (TPSA) is 53.1 Å². The Labute approximate surface area is 112 Å². The Morgan fingerprint density at radius 1 is 1.39 bits per heavy atom. The van der Waals surface area contributed by atoms with E-state index in [4.69, 9.17) is 10.5 Å². The zero-order valence-electron chi connectivity index (χ0n) is 10.6. The van der Waals surface area contributed by atoms with Crippen molar-refractivity contribution in [1.82, 2.24) is 9.55 Å². The maximum Gasteiger partial charge on any atom is 0.0951 e. The standard InChI is InChI=1S/C13H21N3OS/c14-13(10-1-4-17-8-10)12-7-15-9-16(12)11-2-5-18-6-3-11/h7,9-11,13H,1-6,8,14H2. The van der Waals surface area contributed by atoms with Crippen molar-refractivity contribution in [2.75, 3.05) is 24.7 Å². The van der Waals surface area contributed by atoms with Gasteiger partial charge in [-0.05, 0) is 30.8 Å². The number of imidazole rings is 1. The molecule has 2 saturated heterocycles. The van der Waals surface area contributed by atoms with Crippen molar-refractivity contribution < 1.29 is 4.74 Å². The molecule has 0 aromatic carbocycles. The van der Waals surface area contributed by atoms with Gasteiger partial charge in [0.15, 0.2) is 0 Å². The molecule has 0 amide bonds. The second kappa shape index (κ2) is 5.63. The minimum atomic E-state index is 0.0737. The Bertz CT molecular complexity index is 383. The van der Waals surface area contributed by atoms with Gasteiger partial charge >= 0.3 is 0 Å². The molecule has 2 atom stereocenters. The summed E-state index contributed by atoms with van der Waals surface area (Å²) < 4.78 is 7.77. The quantitative estimate of drug-likeness (QED) is 0.910. The van der Waals surface area contributed by atoms with Crippen molar-refractivity contribution in [3.8, 4) is 0 Å². The van der Waals surface area contributed by atoms with Gasteiger partial charge in [0.2, 0.25) is 0 Å². The van der Waals surface area contributed by atoms with Gasteiger partial charge in [-0.2, -0.15) is 11.8 Å². The van der Waals surface area contributed by atoms with Crippen molar-refractivity contribution in [1.29, 1.82) is 0 Å². The van der Waals surface area contributed by atoms with Crippen molar-refractivity contribution in [2.24, 2.45) is 11.7 Å². The van der Waals surface area contributed by atoms with E-state index in [1.807, 2.05) is 12.5 Å². The number of aromatic nitrogens is 2. The first-order valence-electron chi connectivity index (χ1n) is 6.79. The Hall–Kier alpha value is -0.520. The molecule has 18 heavy (non-hydrogen) atoms. The van der Waals surface area contributed by atoms with Crippen LogP contribution in [0.4, 0.5) is 0 Å². The van der Waals surface area contributed by atoms with Crippen LogP contribution in [-0.2, 0) is 4.74 Å². The number of nitrogens with two attached hydrogens (primary N) is 1. The molecular formula is C13H21N3OS. The summed E-state index contributed by atoms with van der Waals surface area (Å²) in [6, 6.07) is 0.668. The molecule has 0 aliphatic carbocycles. The average molecular weight is 267 g/mol. The van der Waals surface area contributed by atoms with Crippen LogP contribution in [0.15, 0.2) is 12.5 Å². The Balaban J connectivity index is 1.77. The Kier molecular flexibility index (Phi) is 3.91. The molecule has 2 fully saturated rings. The Morgan fingerprint density at radius 2 is 2.22 bits per heavy atom. The van der Waals surface area contributed by atoms with Crippen LogP contribution in [0.25, 0.3) is 0 Å². The fraction of sp³-hybridized carbons (Fsp3) is 0.769. The number of rotatable bonds is 3. The zero-order chi connectivity index (χ0) is 12.4. The summed E-state index contributed by atoms with van der Waals surface area (Å²) in [6.07, 6.45) is 7.47. The summed E-state index contributed by atoms with van der Waals surface area (Å²) in [5.74, 6) is 2.96. The lowest BCUT2D eigenvalue weighted by atomic mass is 9.97. The van der Waals surface area contributed by atoms with Crippen LogP contribution >= 0.6 is 11.8 Å². The third-order valence-corrected chi connectivity index (χ3v) is 5.14. The summed E-state index contributed by atoms with van der Waals surface area (Å²) in [6.45, 7) is 1.65. The van der Waals surface area contributed by atoms with Gasteiger partial charge in [-0.1, -0.05) is 0 Å². The molecule has 0 bridgehead atoms. The molecule has 2 N–H and O–H groups in total. The van der Waals surface area contributed by atoms with Crippen molar-refractivity contribution in [2.45, 2.75) is 31.3 Å². The molecule has 4 nitrogen and oxygen atoms in total. The van der Waals surface area contributed by atoms with Crippen LogP contribution in [0.5, 0.6) is 0 Å². The van der Waals surface area contributed by atoms with Crippen LogP contribution in [0.3, 0.4) is 0 Å². The number of hydrogen-bond donors (Lipinski definition) is 1. The van der Waals surface area contributed by atoms with Gasteiger partial charge in [-0.15, -0.1) is 0 Å². The number of hydrogen-bond acceptors (Lipinski definition) is 4. The fourth-order valence-corrected chi connectivity index (χ4v) is 4.00. The molecule has 100 valence electrons. The van der Waals surface area contributed by atoms with E-state index in [0.717, 1.165) is 19.6 Å². The first-order valence-corrected chi connectivity index (χ1v) is 7.94. The second-order valence-corrected chi connectivity index (χ2v) is 6.44. The second-order valence-electron chi connectivity index (χ2n) is 5.22. The third kappa shape index (κ3) is 2.44. The van der Waals surface area contributed by atoms with Crippen molar-refractivity contribution in [3.05, 3.63) is 18.2 Å². The highest BCUT2D eigenvalue weighted by Crippen LogP contribution is 2.32. The van der Waals surface area contributed by atoms with Crippen LogP contribution < -0.4 is 5.73 Å². The van der Waals surface area contributed by atoms with Gasteiger partial charge in [0, 0.05) is 24.8 Å². The number of thioether (sulfide) groups is 1. The molecule has 0 radical (unpaired) electrons. The molecule has 2 aliphatic rings. The van der Waals surface area contributed by atoms with Crippen LogP contribution in [0.1, 0.15) is 37.0 Å². The first kappa shape index (κ1) is 12.5. The lowest BCUT2D eigenvalue weighted by molar-refractivity contribution is 0.180. The summed E-state index contributed by atoms with van der Waals surface area (Å²) in [4.78, 5) is 4.33. The summed E-state index contributed by atoms with van der Waals surface area (Å²) >= 11 is 2.05. The van der Waals surface area contributed by atoms with Crippen LogP contribution in [-0.4, -0.2) is 34.3 Å². The Morgan fingerprint density at radius 3 is 2.94 bits per heavy atom. The molecular weight excluding hydrogens is 246 g/mol. The van der Waals surface area contributed by atoms with Crippen molar-refractivity contribution >= 4 is 11.8 Å². The number of nitrogens with zero attached hydrogens (tertiary/aromatic N) is 2.